The number of hydrogen-bond donors (Lipinski definition) is 2. The van der Waals surface area contributed by atoms with Crippen LogP contribution in [0, 0.1) is 5.21 Å². The lowest BCUT2D eigenvalue weighted by Crippen LogP contribution is -2.51. The molecule has 2 N–H and O–H groups in total. The number of anilines is 1. The van der Waals surface area contributed by atoms with Gasteiger partial charge >= 0.3 is 0 Å². The number of para-hydroxylation sites is 2. The zero-order valence-corrected chi connectivity index (χ0v) is 17.7. The Morgan fingerprint density at radius 1 is 0.971 bits per heavy atom. The maximum Gasteiger partial charge on any atom is 0.298 e. The fourth-order valence-corrected chi connectivity index (χ4v) is 4.44. The molecule has 0 radical (unpaired) electrons. The predicted molar refractivity (Wildman–Crippen MR) is 116 cm³/mol. The molecule has 2 aromatic heterocycles. The molecule has 0 amide bonds. The van der Waals surface area contributed by atoms with Crippen LogP contribution >= 0.6 is 0 Å². The van der Waals surface area contributed by atoms with E-state index in [1.54, 1.807) is 0 Å². The number of carbonyl (C=O) groups excluding carboxylic acids is 2. The molecular formula is C22H18N6O6. The summed E-state index contributed by atoms with van der Waals surface area (Å²) in [6, 6.07) is 10.3. The maximum atomic E-state index is 13.1. The number of phenols is 2. The largest absolute Gasteiger partial charge is 0.571 e. The molecule has 1 aliphatic heterocycles. The molecule has 1 aliphatic carbocycles. The number of rotatable bonds is 3. The van der Waals surface area contributed by atoms with Crippen molar-refractivity contribution < 1.29 is 29.2 Å². The molecule has 12 nitrogen and oxygen atoms in total. The molecule has 0 spiro atoms. The number of oxazole rings is 1. The molecule has 6 rings (SSSR count). The molecule has 0 unspecified atom stereocenters. The molecule has 0 bridgehead atoms. The van der Waals surface area contributed by atoms with Crippen molar-refractivity contribution in [3.63, 3.8) is 0 Å². The Bertz CT molecular complexity index is 1450. The SMILES string of the molecule is O=C1c2n[n+]([O-])n(CN3CCN(c4nc5ccccc5o4)CC3)c2C(=O)c2c(O)ccc(O)c21. The summed E-state index contributed by atoms with van der Waals surface area (Å²) in [5.74, 6) is -2.44. The summed E-state index contributed by atoms with van der Waals surface area (Å²) in [4.78, 5) is 34.7. The second kappa shape index (κ2) is 7.28. The number of benzene rings is 2. The third-order valence-electron chi connectivity index (χ3n) is 6.18. The van der Waals surface area contributed by atoms with E-state index in [0.29, 0.717) is 37.8 Å². The predicted octanol–water partition coefficient (Wildman–Crippen LogP) is 0.624. The van der Waals surface area contributed by atoms with Crippen molar-refractivity contribution in [2.75, 3.05) is 31.1 Å². The van der Waals surface area contributed by atoms with Crippen molar-refractivity contribution in [1.82, 2.24) is 19.7 Å². The van der Waals surface area contributed by atoms with Gasteiger partial charge in [-0.15, -0.1) is 0 Å². The fraction of sp³-hybridized carbons (Fsp3) is 0.227. The monoisotopic (exact) mass is 462 g/mol. The third-order valence-corrected chi connectivity index (χ3v) is 6.18. The average molecular weight is 462 g/mol. The van der Waals surface area contributed by atoms with Gasteiger partial charge in [0.2, 0.25) is 17.3 Å². The van der Waals surface area contributed by atoms with Crippen LogP contribution in [-0.2, 0) is 6.67 Å². The highest BCUT2D eigenvalue weighted by Crippen LogP contribution is 2.36. The van der Waals surface area contributed by atoms with Crippen LogP contribution in [0.2, 0.25) is 0 Å². The van der Waals surface area contributed by atoms with Gasteiger partial charge < -0.3 is 24.7 Å². The first kappa shape index (κ1) is 20.2. The Hall–Kier alpha value is -4.45. The van der Waals surface area contributed by atoms with Crippen molar-refractivity contribution >= 4 is 28.7 Å². The highest BCUT2D eigenvalue weighted by atomic mass is 16.5. The van der Waals surface area contributed by atoms with E-state index in [2.05, 4.69) is 10.1 Å². The number of hydrogen-bond acceptors (Lipinski definition) is 10. The summed E-state index contributed by atoms with van der Waals surface area (Å²) in [7, 11) is 0. The Kier molecular flexibility index (Phi) is 4.32. The smallest absolute Gasteiger partial charge is 0.298 e. The molecule has 4 aromatic rings. The number of piperazine rings is 1. The summed E-state index contributed by atoms with van der Waals surface area (Å²) < 4.78 is 6.89. The van der Waals surface area contributed by atoms with Gasteiger partial charge in [-0.25, -0.2) is 0 Å². The average Bonchev–Trinajstić information content (AvgIpc) is 3.41. The van der Waals surface area contributed by atoms with Crippen LogP contribution in [0.4, 0.5) is 6.01 Å². The van der Waals surface area contributed by atoms with E-state index in [-0.39, 0.29) is 34.1 Å². The third kappa shape index (κ3) is 2.92. The zero-order valence-electron chi connectivity index (χ0n) is 17.7. The molecule has 2 aliphatic rings. The topological polar surface area (TPSA) is 152 Å². The summed E-state index contributed by atoms with van der Waals surface area (Å²) in [6.07, 6.45) is 0. The lowest BCUT2D eigenvalue weighted by Gasteiger charge is -2.33. The highest BCUT2D eigenvalue weighted by molar-refractivity contribution is 6.28. The standard InChI is InChI=1S/C22H18N6O6/c29-13-5-6-14(30)17-16(13)20(31)18-19(21(17)32)27(28(33)24-18)11-25-7-9-26(10-8-25)22-23-12-3-1-2-4-15(12)34-22/h1-6,29-30H,7-11H2. The van der Waals surface area contributed by atoms with Crippen LogP contribution in [0.5, 0.6) is 11.5 Å². The quantitative estimate of drug-likeness (QED) is 0.222. The summed E-state index contributed by atoms with van der Waals surface area (Å²) >= 11 is 0. The number of aromatic hydroxyl groups is 2. The molecule has 34 heavy (non-hydrogen) atoms. The molecule has 1 saturated heterocycles. The molecule has 1 fully saturated rings. The lowest BCUT2D eigenvalue weighted by atomic mass is 9.88. The summed E-state index contributed by atoms with van der Waals surface area (Å²) in [5.41, 5.74) is 0.230. The molecule has 172 valence electrons. The van der Waals surface area contributed by atoms with Crippen molar-refractivity contribution in [1.29, 1.82) is 0 Å². The molecular weight excluding hydrogens is 444 g/mol. The van der Waals surface area contributed by atoms with Crippen LogP contribution in [-0.4, -0.2) is 67.6 Å². The number of fused-ring (bicyclic) bond motifs is 3. The van der Waals surface area contributed by atoms with Crippen LogP contribution in [0.25, 0.3) is 11.1 Å². The molecule has 0 saturated carbocycles. The van der Waals surface area contributed by atoms with Crippen molar-refractivity contribution in [2.24, 2.45) is 0 Å². The van der Waals surface area contributed by atoms with Gasteiger partial charge in [-0.3, -0.25) is 14.5 Å². The van der Waals surface area contributed by atoms with E-state index in [4.69, 9.17) is 4.42 Å². The Morgan fingerprint density at radius 2 is 1.65 bits per heavy atom. The minimum absolute atomic E-state index is 0.0150. The van der Waals surface area contributed by atoms with Crippen molar-refractivity contribution in [3.8, 4) is 11.5 Å². The molecule has 3 heterocycles. The van der Waals surface area contributed by atoms with Gasteiger partial charge in [-0.1, -0.05) is 16.8 Å². The minimum Gasteiger partial charge on any atom is -0.571 e. The minimum atomic E-state index is -0.790. The van der Waals surface area contributed by atoms with Gasteiger partial charge in [0.25, 0.3) is 6.01 Å². The van der Waals surface area contributed by atoms with Gasteiger partial charge in [-0.2, -0.15) is 4.98 Å². The fourth-order valence-electron chi connectivity index (χ4n) is 4.44. The highest BCUT2D eigenvalue weighted by Gasteiger charge is 2.43. The van der Waals surface area contributed by atoms with E-state index in [1.807, 2.05) is 34.1 Å². The molecule has 0 atom stereocenters. The van der Waals surface area contributed by atoms with Gasteiger partial charge in [0.05, 0.1) is 11.1 Å². The number of nitrogens with zero attached hydrogens (tertiary/aromatic N) is 6. The maximum absolute atomic E-state index is 13.1. The van der Waals surface area contributed by atoms with Gasteiger partial charge in [0, 0.05) is 36.2 Å². The van der Waals surface area contributed by atoms with Crippen molar-refractivity contribution in [2.45, 2.75) is 6.67 Å². The number of ketones is 2. The number of aromatic nitrogens is 4. The van der Waals surface area contributed by atoms with E-state index in [0.717, 1.165) is 22.3 Å². The summed E-state index contributed by atoms with van der Waals surface area (Å²) in [6.45, 7) is 2.24. The molecule has 12 heteroatoms. The Balaban J connectivity index is 1.25. The first-order valence-electron chi connectivity index (χ1n) is 10.6. The number of phenolic OH excluding ortho intramolecular Hbond substituents is 2. The van der Waals surface area contributed by atoms with Crippen molar-refractivity contribution in [3.05, 3.63) is 64.1 Å². The Morgan fingerprint density at radius 3 is 2.35 bits per heavy atom. The van der Waals surface area contributed by atoms with E-state index in [1.165, 1.54) is 0 Å². The Labute approximate surface area is 191 Å². The first-order valence-corrected chi connectivity index (χ1v) is 10.6. The van der Waals surface area contributed by atoms with E-state index in [9.17, 15) is 25.0 Å². The molecule has 2 aromatic carbocycles. The van der Waals surface area contributed by atoms with E-state index >= 15 is 0 Å². The lowest BCUT2D eigenvalue weighted by molar-refractivity contribution is -0.751. The summed E-state index contributed by atoms with van der Waals surface area (Å²) in [5, 5.41) is 36.5. The second-order valence-electron chi connectivity index (χ2n) is 8.17. The van der Waals surface area contributed by atoms with Crippen LogP contribution in [0.1, 0.15) is 32.1 Å². The van der Waals surface area contributed by atoms with E-state index < -0.39 is 23.1 Å². The van der Waals surface area contributed by atoms with Gasteiger partial charge in [0.15, 0.2) is 11.3 Å². The zero-order chi connectivity index (χ0) is 23.6. The number of carbonyl (C=O) groups is 2. The van der Waals surface area contributed by atoms with Gasteiger partial charge in [-0.05, 0) is 24.3 Å². The van der Waals surface area contributed by atoms with Crippen LogP contribution < -0.4 is 9.86 Å². The van der Waals surface area contributed by atoms with Crippen LogP contribution in [0.15, 0.2) is 40.8 Å². The van der Waals surface area contributed by atoms with Gasteiger partial charge in [0.1, 0.15) is 23.7 Å². The van der Waals surface area contributed by atoms with Crippen LogP contribution in [0.3, 0.4) is 0 Å². The first-order chi connectivity index (χ1) is 16.4. The normalized spacial score (nSPS) is 16.2. The second-order valence-corrected chi connectivity index (χ2v) is 8.17.